The molecule has 0 spiro atoms. The van der Waals surface area contributed by atoms with Gasteiger partial charge in [-0.05, 0) is 36.0 Å². The van der Waals surface area contributed by atoms with Crippen LogP contribution in [0.25, 0.3) is 0 Å². The molecule has 2 rings (SSSR count). The number of benzene rings is 1. The highest BCUT2D eigenvalue weighted by molar-refractivity contribution is 6.30. The van der Waals surface area contributed by atoms with Crippen molar-refractivity contribution in [1.82, 2.24) is 0 Å². The zero-order valence-electron chi connectivity index (χ0n) is 10.5. The highest BCUT2D eigenvalue weighted by atomic mass is 35.5. The van der Waals surface area contributed by atoms with E-state index in [1.165, 1.54) is 0 Å². The molecule has 0 aliphatic heterocycles. The zero-order valence-corrected chi connectivity index (χ0v) is 11.2. The highest BCUT2D eigenvalue weighted by Crippen LogP contribution is 2.53. The van der Waals surface area contributed by atoms with Gasteiger partial charge in [-0.3, -0.25) is 4.79 Å². The van der Waals surface area contributed by atoms with E-state index in [2.05, 4.69) is 0 Å². The molecule has 1 fully saturated rings. The first-order valence-electron chi connectivity index (χ1n) is 6.07. The van der Waals surface area contributed by atoms with Crippen LogP contribution in [0.1, 0.15) is 50.2 Å². The van der Waals surface area contributed by atoms with Crippen LogP contribution in [0, 0.1) is 5.82 Å². The Morgan fingerprint density at radius 3 is 2.56 bits per heavy atom. The molecule has 1 aliphatic rings. The van der Waals surface area contributed by atoms with E-state index in [4.69, 9.17) is 16.7 Å². The average molecular weight is 271 g/mol. The van der Waals surface area contributed by atoms with Crippen LogP contribution in [0.15, 0.2) is 12.1 Å². The van der Waals surface area contributed by atoms with Gasteiger partial charge in [-0.25, -0.2) is 4.39 Å². The van der Waals surface area contributed by atoms with E-state index < -0.39 is 17.2 Å². The second kappa shape index (κ2) is 4.54. The van der Waals surface area contributed by atoms with Crippen LogP contribution in [0.2, 0.25) is 5.02 Å². The van der Waals surface area contributed by atoms with E-state index in [1.807, 2.05) is 13.8 Å². The van der Waals surface area contributed by atoms with Gasteiger partial charge in [0, 0.05) is 5.41 Å². The molecule has 0 bridgehead atoms. The molecule has 1 N–H and O–H groups in total. The van der Waals surface area contributed by atoms with Crippen LogP contribution >= 0.6 is 11.6 Å². The van der Waals surface area contributed by atoms with E-state index in [1.54, 1.807) is 12.1 Å². The average Bonchev–Trinajstić information content (AvgIpc) is 3.01. The van der Waals surface area contributed by atoms with Gasteiger partial charge in [0.15, 0.2) is 0 Å². The van der Waals surface area contributed by atoms with Crippen molar-refractivity contribution >= 4 is 17.6 Å². The van der Waals surface area contributed by atoms with Gasteiger partial charge in [0.05, 0.1) is 11.4 Å². The second-order valence-electron chi connectivity index (χ2n) is 5.37. The molecule has 0 saturated heterocycles. The largest absolute Gasteiger partial charge is 0.481 e. The van der Waals surface area contributed by atoms with Crippen molar-refractivity contribution in [3.05, 3.63) is 34.1 Å². The van der Waals surface area contributed by atoms with Gasteiger partial charge in [-0.2, -0.15) is 0 Å². The Morgan fingerprint density at radius 2 is 2.11 bits per heavy atom. The molecule has 1 aromatic rings. The van der Waals surface area contributed by atoms with Gasteiger partial charge in [0.25, 0.3) is 0 Å². The molecule has 0 aromatic heterocycles. The molecule has 18 heavy (non-hydrogen) atoms. The lowest BCUT2D eigenvalue weighted by molar-refractivity contribution is -0.137. The molecule has 1 saturated carbocycles. The van der Waals surface area contributed by atoms with E-state index in [9.17, 15) is 9.18 Å². The molecule has 1 aliphatic carbocycles. The lowest BCUT2D eigenvalue weighted by Crippen LogP contribution is -2.15. The summed E-state index contributed by atoms with van der Waals surface area (Å²) in [4.78, 5) is 10.9. The summed E-state index contributed by atoms with van der Waals surface area (Å²) in [7, 11) is 0. The summed E-state index contributed by atoms with van der Waals surface area (Å²) in [5.41, 5.74) is 0.888. The fourth-order valence-electron chi connectivity index (χ4n) is 2.31. The van der Waals surface area contributed by atoms with Crippen molar-refractivity contribution in [3.63, 3.8) is 0 Å². The van der Waals surface area contributed by atoms with Crippen LogP contribution in [0.5, 0.6) is 0 Å². The fraction of sp³-hybridized carbons (Fsp3) is 0.500. The van der Waals surface area contributed by atoms with Crippen molar-refractivity contribution in [3.8, 4) is 0 Å². The molecule has 0 unspecified atom stereocenters. The van der Waals surface area contributed by atoms with E-state index in [-0.39, 0.29) is 17.4 Å². The Morgan fingerprint density at radius 1 is 1.50 bits per heavy atom. The van der Waals surface area contributed by atoms with Crippen LogP contribution < -0.4 is 0 Å². The van der Waals surface area contributed by atoms with Crippen LogP contribution in [0.3, 0.4) is 0 Å². The lowest BCUT2D eigenvalue weighted by Gasteiger charge is -2.18. The van der Waals surface area contributed by atoms with Gasteiger partial charge in [0.2, 0.25) is 0 Å². The third kappa shape index (κ3) is 2.37. The Hall–Kier alpha value is -1.09. The molecule has 98 valence electrons. The molecule has 2 nitrogen and oxygen atoms in total. The van der Waals surface area contributed by atoms with Gasteiger partial charge in [0.1, 0.15) is 5.82 Å². The van der Waals surface area contributed by atoms with Gasteiger partial charge < -0.3 is 5.11 Å². The maximum Gasteiger partial charge on any atom is 0.304 e. The number of aliphatic carboxylic acids is 1. The number of halogens is 2. The summed E-state index contributed by atoms with van der Waals surface area (Å²) in [6.07, 6.45) is 1.41. The number of hydrogen-bond donors (Lipinski definition) is 1. The Labute approximate surface area is 111 Å². The minimum atomic E-state index is -0.891. The van der Waals surface area contributed by atoms with Crippen molar-refractivity contribution in [1.29, 1.82) is 0 Å². The summed E-state index contributed by atoms with van der Waals surface area (Å²) in [6, 6.07) is 3.41. The quantitative estimate of drug-likeness (QED) is 0.894. The first-order chi connectivity index (χ1) is 8.35. The molecule has 0 atom stereocenters. The SMILES string of the molecule is CC(C)c1cc(Cl)c(F)c(C2(CC(=O)O)CC2)c1. The molecular weight excluding hydrogens is 255 g/mol. The predicted octanol–water partition coefficient (Wildman–Crippen LogP) is 4.11. The Kier molecular flexibility index (Phi) is 3.37. The molecule has 4 heteroatoms. The molecule has 0 amide bonds. The van der Waals surface area contributed by atoms with E-state index in [0.29, 0.717) is 18.4 Å². The first-order valence-corrected chi connectivity index (χ1v) is 6.45. The third-order valence-electron chi connectivity index (χ3n) is 3.63. The third-order valence-corrected chi connectivity index (χ3v) is 3.91. The van der Waals surface area contributed by atoms with Crippen LogP contribution in [0.4, 0.5) is 4.39 Å². The standard InChI is InChI=1S/C14H16ClFO2/c1-8(2)9-5-10(13(16)11(15)6-9)14(3-4-14)7-12(17)18/h5-6,8H,3-4,7H2,1-2H3,(H,17,18). The molecule has 0 heterocycles. The van der Waals surface area contributed by atoms with Crippen LogP contribution in [-0.2, 0) is 10.2 Å². The number of hydrogen-bond acceptors (Lipinski definition) is 1. The summed E-state index contributed by atoms with van der Waals surface area (Å²) in [6.45, 7) is 4.01. The molecule has 1 aromatic carbocycles. The summed E-state index contributed by atoms with van der Waals surface area (Å²) >= 11 is 5.91. The number of carboxylic acids is 1. The topological polar surface area (TPSA) is 37.3 Å². The van der Waals surface area contributed by atoms with Crippen molar-refractivity contribution in [2.24, 2.45) is 0 Å². The Balaban J connectivity index is 2.47. The molecular formula is C14H16ClFO2. The second-order valence-corrected chi connectivity index (χ2v) is 5.78. The normalized spacial score (nSPS) is 16.9. The first kappa shape index (κ1) is 13.3. The minimum Gasteiger partial charge on any atom is -0.481 e. The number of carbonyl (C=O) groups is 1. The Bertz CT molecular complexity index is 493. The number of rotatable bonds is 4. The summed E-state index contributed by atoms with van der Waals surface area (Å²) in [5.74, 6) is -1.11. The summed E-state index contributed by atoms with van der Waals surface area (Å²) < 4.78 is 14.1. The van der Waals surface area contributed by atoms with Crippen LogP contribution in [-0.4, -0.2) is 11.1 Å². The van der Waals surface area contributed by atoms with E-state index >= 15 is 0 Å². The maximum absolute atomic E-state index is 14.1. The van der Waals surface area contributed by atoms with Gasteiger partial charge in [-0.15, -0.1) is 0 Å². The highest BCUT2D eigenvalue weighted by Gasteiger charge is 2.48. The van der Waals surface area contributed by atoms with Gasteiger partial charge >= 0.3 is 5.97 Å². The van der Waals surface area contributed by atoms with Crippen molar-refractivity contribution in [2.75, 3.05) is 0 Å². The zero-order chi connectivity index (χ0) is 13.5. The monoisotopic (exact) mass is 270 g/mol. The smallest absolute Gasteiger partial charge is 0.304 e. The fourth-order valence-corrected chi connectivity index (χ4v) is 2.54. The summed E-state index contributed by atoms with van der Waals surface area (Å²) in [5, 5.41) is 9.02. The van der Waals surface area contributed by atoms with Gasteiger partial charge in [-0.1, -0.05) is 31.5 Å². The minimum absolute atomic E-state index is 0.0260. The van der Waals surface area contributed by atoms with Crippen molar-refractivity contribution in [2.45, 2.75) is 44.4 Å². The number of carboxylic acid groups (broad SMARTS) is 1. The lowest BCUT2D eigenvalue weighted by atomic mass is 9.88. The predicted molar refractivity (Wildman–Crippen MR) is 68.7 cm³/mol. The molecule has 0 radical (unpaired) electrons. The van der Waals surface area contributed by atoms with Crippen molar-refractivity contribution < 1.29 is 14.3 Å². The van der Waals surface area contributed by atoms with E-state index in [0.717, 1.165) is 5.56 Å². The maximum atomic E-state index is 14.1.